The molecule has 0 unspecified atom stereocenters. The predicted octanol–water partition coefficient (Wildman–Crippen LogP) is 4.25. The molecule has 10 heteroatoms. The quantitative estimate of drug-likeness (QED) is 0.444. The van der Waals surface area contributed by atoms with Gasteiger partial charge in [-0.2, -0.15) is 13.2 Å². The molecule has 0 saturated heterocycles. The molecule has 0 aliphatic carbocycles. The summed E-state index contributed by atoms with van der Waals surface area (Å²) in [5.74, 6) is -1.12. The highest BCUT2D eigenvalue weighted by Crippen LogP contribution is 2.30. The second-order valence-electron chi connectivity index (χ2n) is 7.91. The lowest BCUT2D eigenvalue weighted by Crippen LogP contribution is -2.31. The lowest BCUT2D eigenvalue weighted by atomic mass is 10.1. The van der Waals surface area contributed by atoms with Crippen molar-refractivity contribution in [1.82, 2.24) is 18.8 Å². The van der Waals surface area contributed by atoms with Gasteiger partial charge in [0, 0.05) is 49.4 Å². The number of hydrogen-bond acceptors (Lipinski definition) is 5. The van der Waals surface area contributed by atoms with Crippen LogP contribution in [0.2, 0.25) is 0 Å². The smallest absolute Gasteiger partial charge is 0.294 e. The minimum Gasteiger partial charge on any atom is -0.294 e. The van der Waals surface area contributed by atoms with Gasteiger partial charge in [-0.25, -0.2) is 22.4 Å². The first-order chi connectivity index (χ1) is 15.7. The van der Waals surface area contributed by atoms with Gasteiger partial charge in [-0.15, -0.1) is 0 Å². The van der Waals surface area contributed by atoms with E-state index < -0.39 is 22.0 Å². The van der Waals surface area contributed by atoms with Crippen molar-refractivity contribution in [3.63, 3.8) is 0 Å². The molecule has 4 aromatic rings. The van der Waals surface area contributed by atoms with Gasteiger partial charge in [0.15, 0.2) is 0 Å². The van der Waals surface area contributed by atoms with E-state index >= 15 is 0 Å². The third-order valence-corrected chi connectivity index (χ3v) is 7.41. The van der Waals surface area contributed by atoms with Crippen molar-refractivity contribution < 1.29 is 21.6 Å². The zero-order valence-corrected chi connectivity index (χ0v) is 18.1. The Labute approximate surface area is 188 Å². The molecule has 0 spiro atoms. The molecule has 0 radical (unpaired) electrons. The van der Waals surface area contributed by atoms with Crippen LogP contribution >= 0.6 is 0 Å². The number of para-hydroxylation sites is 1. The van der Waals surface area contributed by atoms with Gasteiger partial charge in [0.2, 0.25) is 5.82 Å². The Balaban J connectivity index is 1.46. The molecule has 3 heterocycles. The number of rotatable bonds is 4. The van der Waals surface area contributed by atoms with E-state index in [-0.39, 0.29) is 4.90 Å². The topological polar surface area (TPSA) is 68.1 Å². The summed E-state index contributed by atoms with van der Waals surface area (Å²) in [5.41, 5.74) is 2.45. The molecule has 0 fully saturated rings. The van der Waals surface area contributed by atoms with E-state index in [9.17, 15) is 21.6 Å². The first-order valence-corrected chi connectivity index (χ1v) is 11.7. The Morgan fingerprint density at radius 2 is 1.73 bits per heavy atom. The molecule has 1 aliphatic heterocycles. The maximum atomic E-state index is 13.3. The van der Waals surface area contributed by atoms with Crippen molar-refractivity contribution in [2.75, 3.05) is 6.54 Å². The third-order valence-electron chi connectivity index (χ3n) is 5.72. The zero-order chi connectivity index (χ0) is 23.2. The molecule has 2 aromatic heterocycles. The molecule has 0 saturated carbocycles. The van der Waals surface area contributed by atoms with E-state index in [2.05, 4.69) is 14.9 Å². The van der Waals surface area contributed by atoms with Gasteiger partial charge in [0.05, 0.1) is 16.1 Å². The molecule has 6 nitrogen and oxygen atoms in total. The number of fused-ring (bicyclic) bond motifs is 2. The lowest BCUT2D eigenvalue weighted by molar-refractivity contribution is -0.145. The first-order valence-electron chi connectivity index (χ1n) is 10.3. The van der Waals surface area contributed by atoms with E-state index in [1.807, 2.05) is 12.1 Å². The van der Waals surface area contributed by atoms with Crippen molar-refractivity contribution in [3.8, 4) is 0 Å². The fraction of sp³-hybridized carbons (Fsp3) is 0.217. The van der Waals surface area contributed by atoms with Crippen LogP contribution in [0.25, 0.3) is 10.9 Å². The molecule has 5 rings (SSSR count). The van der Waals surface area contributed by atoms with Crippen molar-refractivity contribution in [2.45, 2.75) is 30.6 Å². The summed E-state index contributed by atoms with van der Waals surface area (Å²) in [6.45, 7) is 1.34. The van der Waals surface area contributed by atoms with E-state index in [4.69, 9.17) is 0 Å². The summed E-state index contributed by atoms with van der Waals surface area (Å²) < 4.78 is 66.6. The molecule has 2 aromatic carbocycles. The van der Waals surface area contributed by atoms with Crippen LogP contribution in [0.5, 0.6) is 0 Å². The molecular formula is C23H19F3N4O2S. The van der Waals surface area contributed by atoms with Gasteiger partial charge in [-0.3, -0.25) is 4.90 Å². The SMILES string of the molecule is O=S(=O)(c1ccccc1)n1cc(CN2CCc3nc(C(F)(F)F)ncc3C2)c2ccccc21. The van der Waals surface area contributed by atoms with Crippen molar-refractivity contribution in [1.29, 1.82) is 0 Å². The van der Waals surface area contributed by atoms with Crippen molar-refractivity contribution in [2.24, 2.45) is 0 Å². The van der Waals surface area contributed by atoms with Gasteiger partial charge in [-0.05, 0) is 23.8 Å². The van der Waals surface area contributed by atoms with Crippen molar-refractivity contribution >= 4 is 20.9 Å². The largest absolute Gasteiger partial charge is 0.451 e. The third kappa shape index (κ3) is 4.00. The number of alkyl halides is 3. The number of nitrogens with zero attached hydrogens (tertiary/aromatic N) is 4. The second-order valence-corrected chi connectivity index (χ2v) is 9.72. The molecule has 0 N–H and O–H groups in total. The van der Waals surface area contributed by atoms with Crippen LogP contribution in [0.3, 0.4) is 0 Å². The standard InChI is InChI=1S/C23H19F3N4O2S/c24-23(25,26)22-27-12-16-13-29(11-10-20(16)28-22)14-17-15-30(21-9-5-4-8-19(17)21)33(31,32)18-6-2-1-3-7-18/h1-9,12,15H,10-11,13-14H2. The molecule has 33 heavy (non-hydrogen) atoms. The minimum atomic E-state index is -4.57. The predicted molar refractivity (Wildman–Crippen MR) is 116 cm³/mol. The van der Waals surface area contributed by atoms with E-state index in [1.54, 1.807) is 48.7 Å². The number of hydrogen-bond donors (Lipinski definition) is 0. The van der Waals surface area contributed by atoms with Gasteiger partial charge in [0.1, 0.15) is 0 Å². The van der Waals surface area contributed by atoms with Crippen LogP contribution in [0.1, 0.15) is 22.6 Å². The van der Waals surface area contributed by atoms with Crippen LogP contribution < -0.4 is 0 Å². The normalized spacial score (nSPS) is 15.0. The Kier molecular flexibility index (Phi) is 5.21. The van der Waals surface area contributed by atoms with Gasteiger partial charge in [0.25, 0.3) is 10.0 Å². The highest BCUT2D eigenvalue weighted by atomic mass is 32.2. The van der Waals surface area contributed by atoms with E-state index in [0.717, 1.165) is 10.9 Å². The number of benzene rings is 2. The molecule has 0 atom stereocenters. The Morgan fingerprint density at radius 3 is 2.48 bits per heavy atom. The van der Waals surface area contributed by atoms with E-state index in [1.165, 1.54) is 10.2 Å². The summed E-state index contributed by atoms with van der Waals surface area (Å²) in [6, 6.07) is 15.5. The molecular weight excluding hydrogens is 453 g/mol. The monoisotopic (exact) mass is 472 g/mol. The van der Waals surface area contributed by atoms with Gasteiger partial charge < -0.3 is 0 Å². The molecule has 0 bridgehead atoms. The first kappa shape index (κ1) is 21.6. The zero-order valence-electron chi connectivity index (χ0n) is 17.3. The fourth-order valence-corrected chi connectivity index (χ4v) is 5.55. The molecule has 0 amide bonds. The summed E-state index contributed by atoms with van der Waals surface area (Å²) in [6.07, 6.45) is -1.34. The summed E-state index contributed by atoms with van der Waals surface area (Å²) >= 11 is 0. The summed E-state index contributed by atoms with van der Waals surface area (Å²) in [7, 11) is -3.78. The van der Waals surface area contributed by atoms with Gasteiger partial charge in [-0.1, -0.05) is 36.4 Å². The average molecular weight is 472 g/mol. The maximum Gasteiger partial charge on any atom is 0.451 e. The Bertz CT molecular complexity index is 1430. The summed E-state index contributed by atoms with van der Waals surface area (Å²) in [4.78, 5) is 9.43. The number of aromatic nitrogens is 3. The van der Waals surface area contributed by atoms with Crippen LogP contribution in [-0.4, -0.2) is 33.8 Å². The Hall–Kier alpha value is -3.24. The fourth-order valence-electron chi connectivity index (χ4n) is 4.14. The van der Waals surface area contributed by atoms with Gasteiger partial charge >= 0.3 is 6.18 Å². The van der Waals surface area contributed by atoms with Crippen molar-refractivity contribution in [3.05, 3.63) is 89.6 Å². The highest BCUT2D eigenvalue weighted by Gasteiger charge is 2.35. The number of halogens is 3. The second kappa shape index (κ2) is 7.96. The molecule has 170 valence electrons. The lowest BCUT2D eigenvalue weighted by Gasteiger charge is -2.28. The van der Waals surface area contributed by atoms with Crippen LogP contribution in [0, 0.1) is 0 Å². The minimum absolute atomic E-state index is 0.196. The van der Waals surface area contributed by atoms with Crippen LogP contribution in [0.15, 0.2) is 71.9 Å². The van der Waals surface area contributed by atoms with Crippen LogP contribution in [0.4, 0.5) is 13.2 Å². The maximum absolute atomic E-state index is 13.3. The highest BCUT2D eigenvalue weighted by molar-refractivity contribution is 7.90. The van der Waals surface area contributed by atoms with Crippen LogP contribution in [-0.2, 0) is 35.7 Å². The molecule has 1 aliphatic rings. The Morgan fingerprint density at radius 1 is 1.00 bits per heavy atom. The average Bonchev–Trinajstić information content (AvgIpc) is 3.18. The summed E-state index contributed by atoms with van der Waals surface area (Å²) in [5, 5.41) is 0.812. The van der Waals surface area contributed by atoms with E-state index in [0.29, 0.717) is 42.8 Å².